The Labute approximate surface area is 191 Å². The van der Waals surface area contributed by atoms with E-state index >= 15 is 0 Å². The van der Waals surface area contributed by atoms with Crippen LogP contribution in [-0.2, 0) is 19.3 Å². The van der Waals surface area contributed by atoms with Gasteiger partial charge in [-0.15, -0.1) is 24.0 Å². The van der Waals surface area contributed by atoms with Crippen LogP contribution in [0.1, 0.15) is 16.7 Å². The van der Waals surface area contributed by atoms with E-state index in [0.29, 0.717) is 11.6 Å². The fourth-order valence-corrected chi connectivity index (χ4v) is 2.57. The lowest BCUT2D eigenvalue weighted by molar-refractivity contribution is -0.138. The first-order valence-electron chi connectivity index (χ1n) is 8.56. The van der Waals surface area contributed by atoms with Crippen molar-refractivity contribution < 1.29 is 35.8 Å². The zero-order valence-corrected chi connectivity index (χ0v) is 18.7. The van der Waals surface area contributed by atoms with Gasteiger partial charge in [0.05, 0.1) is 12.7 Å². The summed E-state index contributed by atoms with van der Waals surface area (Å²) in [5.41, 5.74) is -0.717. The molecule has 0 amide bonds. The van der Waals surface area contributed by atoms with E-state index in [1.54, 1.807) is 6.07 Å². The molecular formula is C19H20F6IN3O2. The van der Waals surface area contributed by atoms with Gasteiger partial charge in [-0.2, -0.15) is 22.0 Å². The van der Waals surface area contributed by atoms with Crippen LogP contribution in [0, 0.1) is 5.82 Å². The van der Waals surface area contributed by atoms with E-state index in [-0.39, 0.29) is 60.1 Å². The number of guanidine groups is 1. The fraction of sp³-hybridized carbons (Fsp3) is 0.316. The number of hydrogen-bond donors (Lipinski definition) is 2. The molecule has 0 aliphatic carbocycles. The van der Waals surface area contributed by atoms with Gasteiger partial charge in [0, 0.05) is 20.1 Å². The second-order valence-corrected chi connectivity index (χ2v) is 5.94. The summed E-state index contributed by atoms with van der Waals surface area (Å²) in [5, 5.41) is 5.54. The summed E-state index contributed by atoms with van der Waals surface area (Å²) in [4.78, 5) is 3.90. The molecule has 2 rings (SSSR count). The van der Waals surface area contributed by atoms with Crippen molar-refractivity contribution in [3.8, 4) is 11.5 Å². The van der Waals surface area contributed by atoms with Gasteiger partial charge in [-0.1, -0.05) is 12.1 Å². The Bertz CT molecular complexity index is 893. The summed E-state index contributed by atoms with van der Waals surface area (Å²) in [7, 11) is 2.71. The van der Waals surface area contributed by atoms with E-state index in [9.17, 15) is 26.3 Å². The van der Waals surface area contributed by atoms with E-state index in [1.165, 1.54) is 26.3 Å². The number of ether oxygens (including phenoxy) is 2. The molecule has 0 aliphatic heterocycles. The maximum atomic E-state index is 13.2. The molecule has 0 aliphatic rings. The van der Waals surface area contributed by atoms with Gasteiger partial charge in [0.1, 0.15) is 5.82 Å². The van der Waals surface area contributed by atoms with Gasteiger partial charge < -0.3 is 20.1 Å². The van der Waals surface area contributed by atoms with Crippen molar-refractivity contribution in [1.82, 2.24) is 10.6 Å². The maximum absolute atomic E-state index is 13.2. The minimum Gasteiger partial charge on any atom is -0.493 e. The number of nitrogens with one attached hydrogen (secondary N) is 2. The van der Waals surface area contributed by atoms with Crippen LogP contribution in [0.15, 0.2) is 41.4 Å². The second-order valence-electron chi connectivity index (χ2n) is 5.94. The van der Waals surface area contributed by atoms with Crippen LogP contribution in [0.25, 0.3) is 0 Å². The average Bonchev–Trinajstić information content (AvgIpc) is 2.68. The third-order valence-corrected chi connectivity index (χ3v) is 3.95. The highest BCUT2D eigenvalue weighted by atomic mass is 127. The normalized spacial score (nSPS) is 11.7. The van der Waals surface area contributed by atoms with E-state index in [4.69, 9.17) is 4.74 Å². The topological polar surface area (TPSA) is 54.9 Å². The standard InChI is InChI=1S/C19H19F6N3O2.HI/c1-26-18(28-10-12-4-5-13(20)8-14(12)19(23,24)25)27-9-11-3-6-15(29-2)16(7-11)30-17(21)22;/h3-8,17H,9-10H2,1-2H3,(H2,26,27,28);1H. The molecule has 2 N–H and O–H groups in total. The third-order valence-electron chi connectivity index (χ3n) is 3.95. The van der Waals surface area contributed by atoms with E-state index in [1.807, 2.05) is 0 Å². The molecule has 0 heterocycles. The monoisotopic (exact) mass is 563 g/mol. The molecule has 0 radical (unpaired) electrons. The van der Waals surface area contributed by atoms with Gasteiger partial charge in [0.2, 0.25) is 0 Å². The smallest absolute Gasteiger partial charge is 0.416 e. The minimum atomic E-state index is -4.71. The summed E-state index contributed by atoms with van der Waals surface area (Å²) in [5.74, 6) is -0.872. The fourth-order valence-electron chi connectivity index (χ4n) is 2.57. The molecule has 0 saturated carbocycles. The van der Waals surface area contributed by atoms with Crippen molar-refractivity contribution in [2.24, 2.45) is 4.99 Å². The molecule has 0 aromatic heterocycles. The van der Waals surface area contributed by atoms with Crippen molar-refractivity contribution in [1.29, 1.82) is 0 Å². The Morgan fingerprint density at radius 1 is 1.03 bits per heavy atom. The molecular weight excluding hydrogens is 543 g/mol. The predicted octanol–water partition coefficient (Wildman–Crippen LogP) is 4.94. The van der Waals surface area contributed by atoms with Crippen LogP contribution in [0.4, 0.5) is 26.3 Å². The molecule has 0 unspecified atom stereocenters. The van der Waals surface area contributed by atoms with Crippen molar-refractivity contribution in [2.75, 3.05) is 14.2 Å². The first-order valence-corrected chi connectivity index (χ1v) is 8.56. The van der Waals surface area contributed by atoms with Crippen molar-refractivity contribution in [3.63, 3.8) is 0 Å². The predicted molar refractivity (Wildman–Crippen MR) is 113 cm³/mol. The van der Waals surface area contributed by atoms with Gasteiger partial charge in [-0.25, -0.2) is 4.39 Å². The lowest BCUT2D eigenvalue weighted by Gasteiger charge is -2.16. The van der Waals surface area contributed by atoms with Gasteiger partial charge in [0.15, 0.2) is 17.5 Å². The first kappa shape index (κ1) is 26.7. The number of rotatable bonds is 7. The van der Waals surface area contributed by atoms with Crippen LogP contribution >= 0.6 is 24.0 Å². The molecule has 0 bridgehead atoms. The van der Waals surface area contributed by atoms with E-state index in [0.717, 1.165) is 12.1 Å². The summed E-state index contributed by atoms with van der Waals surface area (Å²) in [6, 6.07) is 6.78. The molecule has 2 aromatic carbocycles. The van der Waals surface area contributed by atoms with Crippen molar-refractivity contribution >= 4 is 29.9 Å². The Kier molecular flexibility index (Phi) is 10.2. The number of nitrogens with zero attached hydrogens (tertiary/aromatic N) is 1. The zero-order chi connectivity index (χ0) is 22.3. The van der Waals surface area contributed by atoms with Crippen LogP contribution in [-0.4, -0.2) is 26.7 Å². The van der Waals surface area contributed by atoms with Crippen molar-refractivity contribution in [2.45, 2.75) is 25.9 Å². The Hall–Kier alpha value is -2.38. The SMILES string of the molecule is CN=C(NCc1ccc(OC)c(OC(F)F)c1)NCc1ccc(F)cc1C(F)(F)F.I. The second kappa shape index (κ2) is 11.9. The molecule has 0 saturated heterocycles. The number of halogens is 7. The molecule has 0 atom stereocenters. The molecule has 0 fully saturated rings. The van der Waals surface area contributed by atoms with Crippen LogP contribution in [0.3, 0.4) is 0 Å². The van der Waals surface area contributed by atoms with Crippen LogP contribution < -0.4 is 20.1 Å². The summed E-state index contributed by atoms with van der Waals surface area (Å²) in [6.07, 6.45) is -4.71. The van der Waals surface area contributed by atoms with Crippen LogP contribution in [0.5, 0.6) is 11.5 Å². The molecule has 0 spiro atoms. The number of hydrogen-bond acceptors (Lipinski definition) is 3. The summed E-state index contributed by atoms with van der Waals surface area (Å²) in [6.45, 7) is -3.19. The molecule has 12 heteroatoms. The average molecular weight is 563 g/mol. The highest BCUT2D eigenvalue weighted by Gasteiger charge is 2.33. The minimum absolute atomic E-state index is 0. The quantitative estimate of drug-likeness (QED) is 0.217. The largest absolute Gasteiger partial charge is 0.493 e. The van der Waals surface area contributed by atoms with Crippen LogP contribution in [0.2, 0.25) is 0 Å². The molecule has 5 nitrogen and oxygen atoms in total. The van der Waals surface area contributed by atoms with Gasteiger partial charge in [0.25, 0.3) is 0 Å². The number of benzene rings is 2. The summed E-state index contributed by atoms with van der Waals surface area (Å²) < 4.78 is 86.8. The Balaban J connectivity index is 0.00000480. The molecule has 2 aromatic rings. The third kappa shape index (κ3) is 7.99. The Morgan fingerprint density at radius 2 is 1.71 bits per heavy atom. The van der Waals surface area contributed by atoms with Gasteiger partial charge in [-0.05, 0) is 35.4 Å². The number of aliphatic imine (C=N–C) groups is 1. The maximum Gasteiger partial charge on any atom is 0.416 e. The highest BCUT2D eigenvalue weighted by Crippen LogP contribution is 2.32. The van der Waals surface area contributed by atoms with Gasteiger partial charge in [-0.3, -0.25) is 4.99 Å². The molecule has 172 valence electrons. The molecule has 31 heavy (non-hydrogen) atoms. The highest BCUT2D eigenvalue weighted by molar-refractivity contribution is 14.0. The van der Waals surface area contributed by atoms with Crippen molar-refractivity contribution in [3.05, 3.63) is 58.9 Å². The first-order chi connectivity index (χ1) is 14.1. The van der Waals surface area contributed by atoms with E-state index < -0.39 is 24.2 Å². The van der Waals surface area contributed by atoms with Gasteiger partial charge >= 0.3 is 12.8 Å². The lowest BCUT2D eigenvalue weighted by atomic mass is 10.1. The number of methoxy groups -OCH3 is 1. The number of alkyl halides is 5. The Morgan fingerprint density at radius 3 is 2.29 bits per heavy atom. The lowest BCUT2D eigenvalue weighted by Crippen LogP contribution is -2.36. The zero-order valence-electron chi connectivity index (χ0n) is 16.4. The summed E-state index contributed by atoms with van der Waals surface area (Å²) >= 11 is 0. The van der Waals surface area contributed by atoms with E-state index in [2.05, 4.69) is 20.4 Å².